The highest BCUT2D eigenvalue weighted by molar-refractivity contribution is 5.84. The minimum Gasteiger partial charge on any atom is -0.493 e. The lowest BCUT2D eigenvalue weighted by Crippen LogP contribution is -2.27. The summed E-state index contributed by atoms with van der Waals surface area (Å²) < 4.78 is 5.19. The zero-order chi connectivity index (χ0) is 16.2. The van der Waals surface area contributed by atoms with E-state index in [0.29, 0.717) is 12.1 Å². The van der Waals surface area contributed by atoms with E-state index in [9.17, 15) is 9.90 Å². The fourth-order valence-electron chi connectivity index (χ4n) is 1.82. The monoisotopic (exact) mass is 301 g/mol. The van der Waals surface area contributed by atoms with Gasteiger partial charge in [-0.05, 0) is 38.5 Å². The van der Waals surface area contributed by atoms with Crippen LogP contribution in [0, 0.1) is 0 Å². The Kier molecular flexibility index (Phi) is 4.60. The minimum absolute atomic E-state index is 0.0480. The molecule has 0 radical (unpaired) electrons. The molecule has 0 aliphatic carbocycles. The van der Waals surface area contributed by atoms with Gasteiger partial charge in [0.15, 0.2) is 0 Å². The van der Waals surface area contributed by atoms with E-state index < -0.39 is 11.7 Å². The fourth-order valence-corrected chi connectivity index (χ4v) is 1.82. The molecule has 0 bridgehead atoms. The summed E-state index contributed by atoms with van der Waals surface area (Å²) in [5.41, 5.74) is 1.86. The summed E-state index contributed by atoms with van der Waals surface area (Å²) in [4.78, 5) is 19.4. The minimum atomic E-state index is -0.529. The van der Waals surface area contributed by atoms with Gasteiger partial charge in [0.25, 0.3) is 0 Å². The van der Waals surface area contributed by atoms with Crippen molar-refractivity contribution >= 4 is 11.8 Å². The number of carbonyl (C=O) groups excluding carboxylic acids is 1. The first kappa shape index (κ1) is 15.8. The molecule has 1 aromatic heterocycles. The molecule has 2 aromatic rings. The Balaban J connectivity index is 1.97. The van der Waals surface area contributed by atoms with Crippen LogP contribution in [0.4, 0.5) is 10.5 Å². The van der Waals surface area contributed by atoms with E-state index in [2.05, 4.69) is 15.3 Å². The smallest absolute Gasteiger partial charge is 0.412 e. The summed E-state index contributed by atoms with van der Waals surface area (Å²) in [6.45, 7) is 5.44. The Morgan fingerprint density at radius 1 is 1.23 bits per heavy atom. The maximum absolute atomic E-state index is 11.7. The Labute approximate surface area is 129 Å². The summed E-state index contributed by atoms with van der Waals surface area (Å²) >= 11 is 0. The van der Waals surface area contributed by atoms with E-state index in [1.165, 1.54) is 12.4 Å². The second kappa shape index (κ2) is 6.43. The molecule has 0 aliphatic heterocycles. The Bertz CT molecular complexity index is 648. The van der Waals surface area contributed by atoms with E-state index in [-0.39, 0.29) is 5.88 Å². The third-order valence-corrected chi connectivity index (χ3v) is 2.69. The van der Waals surface area contributed by atoms with Crippen molar-refractivity contribution in [3.63, 3.8) is 0 Å². The molecular formula is C16H19N3O3. The normalized spacial score (nSPS) is 11.0. The average Bonchev–Trinajstić information content (AvgIpc) is 2.39. The molecule has 6 heteroatoms. The van der Waals surface area contributed by atoms with Gasteiger partial charge in [0.1, 0.15) is 11.9 Å². The average molecular weight is 301 g/mol. The SMILES string of the molecule is CC(C)(C)OC(=O)Nc1ccc(Cc2cc(O)ncn2)cc1. The van der Waals surface area contributed by atoms with Gasteiger partial charge >= 0.3 is 6.09 Å². The molecule has 0 unspecified atom stereocenters. The summed E-state index contributed by atoms with van der Waals surface area (Å²) in [5, 5.41) is 12.0. The summed E-state index contributed by atoms with van der Waals surface area (Å²) in [5.74, 6) is -0.0480. The first-order valence-electron chi connectivity index (χ1n) is 6.91. The van der Waals surface area contributed by atoms with Crippen molar-refractivity contribution in [1.82, 2.24) is 9.97 Å². The van der Waals surface area contributed by atoms with Crippen LogP contribution in [0.25, 0.3) is 0 Å². The highest BCUT2D eigenvalue weighted by Gasteiger charge is 2.16. The van der Waals surface area contributed by atoms with Gasteiger partial charge in [0.2, 0.25) is 5.88 Å². The van der Waals surface area contributed by atoms with Crippen LogP contribution < -0.4 is 5.32 Å². The summed E-state index contributed by atoms with van der Waals surface area (Å²) in [6, 6.07) is 8.87. The fraction of sp³-hybridized carbons (Fsp3) is 0.312. The largest absolute Gasteiger partial charge is 0.493 e. The van der Waals surface area contributed by atoms with E-state index in [1.54, 1.807) is 12.1 Å². The van der Waals surface area contributed by atoms with E-state index in [0.717, 1.165) is 11.3 Å². The first-order valence-corrected chi connectivity index (χ1v) is 6.91. The highest BCUT2D eigenvalue weighted by Crippen LogP contribution is 2.15. The van der Waals surface area contributed by atoms with Gasteiger partial charge in [-0.2, -0.15) is 0 Å². The standard InChI is InChI=1S/C16H19N3O3/c1-16(2,3)22-15(21)19-12-6-4-11(5-7-12)8-13-9-14(20)18-10-17-13/h4-7,9-10H,8H2,1-3H3,(H,19,21)(H,17,18,20). The van der Waals surface area contributed by atoms with Gasteiger partial charge in [-0.3, -0.25) is 5.32 Å². The number of carbonyl (C=O) groups is 1. The number of hydrogen-bond donors (Lipinski definition) is 2. The molecule has 0 saturated carbocycles. The first-order chi connectivity index (χ1) is 10.3. The zero-order valence-corrected chi connectivity index (χ0v) is 12.8. The molecule has 2 N–H and O–H groups in total. The number of rotatable bonds is 3. The van der Waals surface area contributed by atoms with Crippen LogP contribution in [-0.2, 0) is 11.2 Å². The number of ether oxygens (including phenoxy) is 1. The topological polar surface area (TPSA) is 84.3 Å². The highest BCUT2D eigenvalue weighted by atomic mass is 16.6. The molecule has 0 atom stereocenters. The molecule has 116 valence electrons. The van der Waals surface area contributed by atoms with Crippen molar-refractivity contribution in [3.05, 3.63) is 47.9 Å². The van der Waals surface area contributed by atoms with Crippen molar-refractivity contribution in [3.8, 4) is 5.88 Å². The lowest BCUT2D eigenvalue weighted by atomic mass is 10.1. The van der Waals surface area contributed by atoms with Crippen LogP contribution in [0.5, 0.6) is 5.88 Å². The van der Waals surface area contributed by atoms with E-state index >= 15 is 0 Å². The van der Waals surface area contributed by atoms with Crippen molar-refractivity contribution < 1.29 is 14.6 Å². The number of amides is 1. The second-order valence-electron chi connectivity index (χ2n) is 5.87. The van der Waals surface area contributed by atoms with E-state index in [4.69, 9.17) is 4.74 Å². The van der Waals surface area contributed by atoms with Crippen molar-refractivity contribution in [2.24, 2.45) is 0 Å². The van der Waals surface area contributed by atoms with Crippen molar-refractivity contribution in [2.45, 2.75) is 32.8 Å². The Hall–Kier alpha value is -2.63. The van der Waals surface area contributed by atoms with Gasteiger partial charge in [-0.1, -0.05) is 12.1 Å². The molecule has 0 fully saturated rings. The van der Waals surface area contributed by atoms with Crippen LogP contribution in [-0.4, -0.2) is 26.8 Å². The molecule has 1 aromatic carbocycles. The molecule has 1 amide bonds. The van der Waals surface area contributed by atoms with Crippen LogP contribution in [0.3, 0.4) is 0 Å². The Morgan fingerprint density at radius 2 is 1.91 bits per heavy atom. The molecule has 2 rings (SSSR count). The zero-order valence-electron chi connectivity index (χ0n) is 12.8. The van der Waals surface area contributed by atoms with Crippen LogP contribution in [0.1, 0.15) is 32.0 Å². The molecule has 0 saturated heterocycles. The number of nitrogens with zero attached hydrogens (tertiary/aromatic N) is 2. The number of benzene rings is 1. The lowest BCUT2D eigenvalue weighted by Gasteiger charge is -2.19. The maximum Gasteiger partial charge on any atom is 0.412 e. The van der Waals surface area contributed by atoms with Crippen molar-refractivity contribution in [1.29, 1.82) is 0 Å². The van der Waals surface area contributed by atoms with Crippen molar-refractivity contribution in [2.75, 3.05) is 5.32 Å². The van der Waals surface area contributed by atoms with Gasteiger partial charge in [0.05, 0.1) is 5.69 Å². The van der Waals surface area contributed by atoms with Gasteiger partial charge in [-0.15, -0.1) is 0 Å². The predicted octanol–water partition coefficient (Wildman–Crippen LogP) is 3.12. The number of hydrogen-bond acceptors (Lipinski definition) is 5. The summed E-state index contributed by atoms with van der Waals surface area (Å²) in [7, 11) is 0. The third-order valence-electron chi connectivity index (χ3n) is 2.69. The second-order valence-corrected chi connectivity index (χ2v) is 5.87. The number of nitrogens with one attached hydrogen (secondary N) is 1. The van der Waals surface area contributed by atoms with Crippen LogP contribution in [0.15, 0.2) is 36.7 Å². The number of anilines is 1. The quantitative estimate of drug-likeness (QED) is 0.910. The van der Waals surface area contributed by atoms with E-state index in [1.807, 2.05) is 32.9 Å². The van der Waals surface area contributed by atoms with Crippen LogP contribution >= 0.6 is 0 Å². The Morgan fingerprint density at radius 3 is 2.50 bits per heavy atom. The molecule has 0 spiro atoms. The maximum atomic E-state index is 11.7. The van der Waals surface area contributed by atoms with Gasteiger partial charge in [0, 0.05) is 18.2 Å². The molecule has 0 aliphatic rings. The number of aromatic hydroxyl groups is 1. The molecule has 22 heavy (non-hydrogen) atoms. The molecule has 6 nitrogen and oxygen atoms in total. The predicted molar refractivity (Wildman–Crippen MR) is 82.8 cm³/mol. The molecular weight excluding hydrogens is 282 g/mol. The van der Waals surface area contributed by atoms with Gasteiger partial charge < -0.3 is 9.84 Å². The number of aromatic nitrogens is 2. The van der Waals surface area contributed by atoms with Gasteiger partial charge in [-0.25, -0.2) is 14.8 Å². The summed E-state index contributed by atoms with van der Waals surface area (Å²) in [6.07, 6.45) is 1.41. The lowest BCUT2D eigenvalue weighted by molar-refractivity contribution is 0.0636. The third kappa shape index (κ3) is 5.05. The van der Waals surface area contributed by atoms with Crippen LogP contribution in [0.2, 0.25) is 0 Å². The molecule has 1 heterocycles.